The molecule has 2 heterocycles. The maximum absolute atomic E-state index is 10.4. The molecule has 0 spiro atoms. The quantitative estimate of drug-likeness (QED) is 0.486. The predicted octanol–water partition coefficient (Wildman–Crippen LogP) is 1.08. The van der Waals surface area contributed by atoms with Crippen LogP contribution >= 0.6 is 11.6 Å². The van der Waals surface area contributed by atoms with E-state index in [1.807, 2.05) is 6.92 Å². The molecule has 90 valence electrons. The lowest BCUT2D eigenvalue weighted by Crippen LogP contribution is -2.41. The lowest BCUT2D eigenvalue weighted by Gasteiger charge is -2.17. The molecule has 1 aromatic rings. The van der Waals surface area contributed by atoms with Crippen molar-refractivity contribution < 1.29 is 5.03 Å². The molecular weight excluding hydrogens is 246 g/mol. The summed E-state index contributed by atoms with van der Waals surface area (Å²) in [5.74, 6) is 0.214. The molecule has 0 aromatic carbocycles. The summed E-state index contributed by atoms with van der Waals surface area (Å²) in [7, 11) is 0. The number of nitrogens with zero attached hydrogens (tertiary/aromatic N) is 4. The highest BCUT2D eigenvalue weighted by Crippen LogP contribution is 2.19. The van der Waals surface area contributed by atoms with E-state index in [4.69, 9.17) is 11.6 Å². The number of nitrogens with one attached hydrogen (secondary N) is 1. The molecule has 0 bridgehead atoms. The highest BCUT2D eigenvalue weighted by molar-refractivity contribution is 6.29. The van der Waals surface area contributed by atoms with E-state index in [1.165, 1.54) is 0 Å². The number of aromatic nitrogens is 1. The molecule has 1 aliphatic heterocycles. The van der Waals surface area contributed by atoms with Crippen LogP contribution in [0.5, 0.6) is 0 Å². The van der Waals surface area contributed by atoms with Crippen LogP contribution in [0.25, 0.3) is 0 Å². The summed E-state index contributed by atoms with van der Waals surface area (Å²) in [5.41, 5.74) is 2.79. The Morgan fingerprint density at radius 1 is 1.65 bits per heavy atom. The Bertz CT molecular complexity index is 461. The van der Waals surface area contributed by atoms with E-state index in [0.717, 1.165) is 0 Å². The number of anilines is 1. The summed E-state index contributed by atoms with van der Waals surface area (Å²) in [6.07, 6.45) is 1.55. The van der Waals surface area contributed by atoms with Gasteiger partial charge in [-0.15, -0.1) is 0 Å². The van der Waals surface area contributed by atoms with Crippen LogP contribution in [-0.2, 0) is 0 Å². The number of hydrazine groups is 1. The first-order valence-corrected chi connectivity index (χ1v) is 5.32. The van der Waals surface area contributed by atoms with E-state index in [2.05, 4.69) is 15.4 Å². The van der Waals surface area contributed by atoms with Crippen molar-refractivity contribution in [3.8, 4) is 0 Å². The van der Waals surface area contributed by atoms with Gasteiger partial charge in [0.2, 0.25) is 0 Å². The number of hydrogen-bond acceptors (Lipinski definition) is 5. The molecule has 0 amide bonds. The molecule has 1 aliphatic rings. The molecule has 1 N–H and O–H groups in total. The first-order chi connectivity index (χ1) is 8.06. The molecule has 0 saturated heterocycles. The number of rotatable bonds is 2. The molecule has 7 nitrogen and oxygen atoms in total. The molecule has 0 aliphatic carbocycles. The Morgan fingerprint density at radius 3 is 3.00 bits per heavy atom. The van der Waals surface area contributed by atoms with Crippen molar-refractivity contribution in [1.29, 1.82) is 0 Å². The number of hydrogen-bond donors (Lipinski definition) is 1. The van der Waals surface area contributed by atoms with Gasteiger partial charge in [0.25, 0.3) is 5.96 Å². The molecule has 8 heteroatoms. The Labute approximate surface area is 102 Å². The van der Waals surface area contributed by atoms with Gasteiger partial charge in [-0.25, -0.2) is 20.1 Å². The number of nitro groups is 1. The van der Waals surface area contributed by atoms with Gasteiger partial charge in [0, 0.05) is 6.54 Å². The topological polar surface area (TPSA) is 83.7 Å². The minimum absolute atomic E-state index is 0.00636. The van der Waals surface area contributed by atoms with Gasteiger partial charge >= 0.3 is 0 Å². The minimum atomic E-state index is -0.632. The summed E-state index contributed by atoms with van der Waals surface area (Å²) in [6, 6.07) is 3.36. The second-order valence-corrected chi connectivity index (χ2v) is 4.01. The molecule has 1 atom stereocenters. The second-order valence-electron chi connectivity index (χ2n) is 3.62. The predicted molar refractivity (Wildman–Crippen MR) is 63.6 cm³/mol. The van der Waals surface area contributed by atoms with Gasteiger partial charge in [0.1, 0.15) is 5.15 Å². The minimum Gasteiger partial charge on any atom is -0.305 e. The van der Waals surface area contributed by atoms with Gasteiger partial charge in [-0.1, -0.05) is 17.0 Å². The normalized spacial score (nSPS) is 19.1. The number of guanidine groups is 1. The number of pyridine rings is 1. The van der Waals surface area contributed by atoms with Crippen LogP contribution < -0.4 is 10.3 Å². The first-order valence-electron chi connectivity index (χ1n) is 4.94. The molecule has 17 heavy (non-hydrogen) atoms. The SMILES string of the molecule is CC1CN(c2ccc(Cl)nc2)C(N[N+](=O)[O-])=N1. The number of aliphatic imine (C=N–C) groups is 1. The van der Waals surface area contributed by atoms with Gasteiger partial charge < -0.3 is 4.90 Å². The Balaban J connectivity index is 2.23. The molecule has 0 saturated carbocycles. The summed E-state index contributed by atoms with van der Waals surface area (Å²) in [6.45, 7) is 2.45. The molecule has 1 aromatic heterocycles. The molecular formula is C9H10ClN5O2. The standard InChI is InChI=1S/C9H10ClN5O2/c1-6-5-14(9(12-6)13-15(16)17)7-2-3-8(10)11-4-7/h2-4,6H,5H2,1H3,(H,12,13). The van der Waals surface area contributed by atoms with E-state index < -0.39 is 5.03 Å². The maximum atomic E-state index is 10.4. The highest BCUT2D eigenvalue weighted by atomic mass is 35.5. The van der Waals surface area contributed by atoms with Crippen molar-refractivity contribution in [3.05, 3.63) is 33.6 Å². The van der Waals surface area contributed by atoms with Crippen molar-refractivity contribution in [2.75, 3.05) is 11.4 Å². The first kappa shape index (κ1) is 11.6. The third kappa shape index (κ3) is 2.62. The second kappa shape index (κ2) is 4.54. The van der Waals surface area contributed by atoms with Crippen LogP contribution in [0.15, 0.2) is 23.3 Å². The van der Waals surface area contributed by atoms with E-state index >= 15 is 0 Å². The summed E-state index contributed by atoms with van der Waals surface area (Å²) >= 11 is 5.68. The van der Waals surface area contributed by atoms with E-state index in [1.54, 1.807) is 23.2 Å². The van der Waals surface area contributed by atoms with Crippen LogP contribution in [0.2, 0.25) is 5.15 Å². The lowest BCUT2D eigenvalue weighted by atomic mass is 10.3. The van der Waals surface area contributed by atoms with Crippen LogP contribution in [-0.4, -0.2) is 28.6 Å². The zero-order chi connectivity index (χ0) is 12.4. The zero-order valence-corrected chi connectivity index (χ0v) is 9.76. The van der Waals surface area contributed by atoms with Gasteiger partial charge in [0.05, 0.1) is 17.9 Å². The molecule has 1 unspecified atom stereocenters. The Hall–Kier alpha value is -1.89. The molecule has 0 fully saturated rings. The zero-order valence-electron chi connectivity index (χ0n) is 9.00. The number of halogens is 1. The van der Waals surface area contributed by atoms with Crippen molar-refractivity contribution in [3.63, 3.8) is 0 Å². The summed E-state index contributed by atoms with van der Waals surface area (Å²) < 4.78 is 0. The smallest absolute Gasteiger partial charge is 0.261 e. The van der Waals surface area contributed by atoms with Gasteiger partial charge in [0.15, 0.2) is 5.03 Å². The van der Waals surface area contributed by atoms with Gasteiger partial charge in [-0.05, 0) is 19.1 Å². The van der Waals surface area contributed by atoms with Crippen molar-refractivity contribution in [2.45, 2.75) is 13.0 Å². The third-order valence-corrected chi connectivity index (χ3v) is 2.48. The van der Waals surface area contributed by atoms with E-state index in [9.17, 15) is 10.1 Å². The highest BCUT2D eigenvalue weighted by Gasteiger charge is 2.26. The third-order valence-electron chi connectivity index (χ3n) is 2.26. The van der Waals surface area contributed by atoms with Crippen LogP contribution in [0.4, 0.5) is 5.69 Å². The fraction of sp³-hybridized carbons (Fsp3) is 0.333. The van der Waals surface area contributed by atoms with Gasteiger partial charge in [-0.3, -0.25) is 0 Å². The van der Waals surface area contributed by atoms with Crippen molar-refractivity contribution >= 4 is 23.2 Å². The van der Waals surface area contributed by atoms with Crippen molar-refractivity contribution in [2.24, 2.45) is 4.99 Å². The average Bonchev–Trinajstić information content (AvgIpc) is 2.59. The van der Waals surface area contributed by atoms with Crippen LogP contribution in [0.3, 0.4) is 0 Å². The monoisotopic (exact) mass is 255 g/mol. The lowest BCUT2D eigenvalue weighted by molar-refractivity contribution is -0.525. The fourth-order valence-electron chi connectivity index (χ4n) is 1.60. The Morgan fingerprint density at radius 2 is 2.41 bits per heavy atom. The summed E-state index contributed by atoms with van der Waals surface area (Å²) in [5, 5.41) is 10.2. The van der Waals surface area contributed by atoms with Crippen molar-refractivity contribution in [1.82, 2.24) is 10.4 Å². The maximum Gasteiger partial charge on any atom is 0.261 e. The van der Waals surface area contributed by atoms with E-state index in [0.29, 0.717) is 17.4 Å². The largest absolute Gasteiger partial charge is 0.305 e. The average molecular weight is 256 g/mol. The summed E-state index contributed by atoms with van der Waals surface area (Å²) in [4.78, 5) is 20.2. The van der Waals surface area contributed by atoms with Crippen LogP contribution in [0, 0.1) is 10.1 Å². The van der Waals surface area contributed by atoms with Crippen LogP contribution in [0.1, 0.15) is 6.92 Å². The van der Waals surface area contributed by atoms with E-state index in [-0.39, 0.29) is 12.0 Å². The Kier molecular flexibility index (Phi) is 3.10. The fourth-order valence-corrected chi connectivity index (χ4v) is 1.71. The molecule has 0 radical (unpaired) electrons. The van der Waals surface area contributed by atoms with Gasteiger partial charge in [-0.2, -0.15) is 0 Å². The molecule has 2 rings (SSSR count).